The van der Waals surface area contributed by atoms with Crippen LogP contribution in [0.3, 0.4) is 0 Å². The standard InChI is InChI=1S/C27H21NO/c1-29-21-12-7-11-20(17-21)22-15-8-16-24-23-13-5-6-14-25(23)27(28-18-26(22)24)19-9-3-2-4-10-19/h2-17H,18H2,1H3. The molecule has 0 aromatic heterocycles. The van der Waals surface area contributed by atoms with Crippen molar-refractivity contribution < 1.29 is 4.74 Å². The number of ether oxygens (including phenoxy) is 1. The van der Waals surface area contributed by atoms with Gasteiger partial charge in [0.1, 0.15) is 5.75 Å². The molecule has 1 aliphatic rings. The molecule has 0 fully saturated rings. The second-order valence-corrected chi connectivity index (χ2v) is 7.14. The van der Waals surface area contributed by atoms with Crippen molar-refractivity contribution in [3.05, 3.63) is 114 Å². The van der Waals surface area contributed by atoms with E-state index in [1.54, 1.807) is 7.11 Å². The van der Waals surface area contributed by atoms with Crippen LogP contribution in [0.1, 0.15) is 16.7 Å². The molecule has 1 aliphatic heterocycles. The van der Waals surface area contributed by atoms with Gasteiger partial charge in [0.25, 0.3) is 0 Å². The number of methoxy groups -OCH3 is 1. The van der Waals surface area contributed by atoms with Gasteiger partial charge in [0.2, 0.25) is 0 Å². The first-order valence-corrected chi connectivity index (χ1v) is 9.81. The van der Waals surface area contributed by atoms with E-state index in [-0.39, 0.29) is 0 Å². The molecule has 0 saturated heterocycles. The number of aliphatic imine (C=N–C) groups is 1. The lowest BCUT2D eigenvalue weighted by molar-refractivity contribution is 0.415. The smallest absolute Gasteiger partial charge is 0.119 e. The van der Waals surface area contributed by atoms with Crippen LogP contribution < -0.4 is 4.74 Å². The Morgan fingerprint density at radius 3 is 2.10 bits per heavy atom. The lowest BCUT2D eigenvalue weighted by Crippen LogP contribution is -2.03. The zero-order valence-electron chi connectivity index (χ0n) is 16.3. The van der Waals surface area contributed by atoms with Crippen LogP contribution in [0.15, 0.2) is 102 Å². The van der Waals surface area contributed by atoms with Crippen molar-refractivity contribution in [2.45, 2.75) is 6.54 Å². The number of rotatable bonds is 3. The Hall–Kier alpha value is -3.65. The summed E-state index contributed by atoms with van der Waals surface area (Å²) in [4.78, 5) is 5.09. The molecule has 0 saturated carbocycles. The second kappa shape index (κ2) is 7.40. The van der Waals surface area contributed by atoms with E-state index in [0.717, 1.165) is 22.6 Å². The van der Waals surface area contributed by atoms with Crippen LogP contribution >= 0.6 is 0 Å². The normalized spacial score (nSPS) is 12.4. The second-order valence-electron chi connectivity index (χ2n) is 7.14. The number of fused-ring (bicyclic) bond motifs is 3. The van der Waals surface area contributed by atoms with Crippen LogP contribution in [0, 0.1) is 0 Å². The first kappa shape index (κ1) is 17.4. The Bertz CT molecular complexity index is 1210. The van der Waals surface area contributed by atoms with Crippen molar-refractivity contribution in [2.75, 3.05) is 7.11 Å². The zero-order valence-corrected chi connectivity index (χ0v) is 16.3. The maximum atomic E-state index is 5.45. The van der Waals surface area contributed by atoms with E-state index in [4.69, 9.17) is 9.73 Å². The minimum absolute atomic E-state index is 0.641. The minimum atomic E-state index is 0.641. The van der Waals surface area contributed by atoms with Crippen LogP contribution in [-0.4, -0.2) is 12.8 Å². The molecule has 0 N–H and O–H groups in total. The Morgan fingerprint density at radius 2 is 1.28 bits per heavy atom. The number of hydrogen-bond acceptors (Lipinski definition) is 2. The summed E-state index contributed by atoms with van der Waals surface area (Å²) in [5, 5.41) is 0. The van der Waals surface area contributed by atoms with Crippen LogP contribution in [0.4, 0.5) is 0 Å². The lowest BCUT2D eigenvalue weighted by atomic mass is 9.89. The number of nitrogens with zero attached hydrogens (tertiary/aromatic N) is 1. The number of hydrogen-bond donors (Lipinski definition) is 0. The van der Waals surface area contributed by atoms with Gasteiger partial charge in [0.15, 0.2) is 0 Å². The molecule has 0 bridgehead atoms. The molecule has 140 valence electrons. The summed E-state index contributed by atoms with van der Waals surface area (Å²) >= 11 is 0. The van der Waals surface area contributed by atoms with Gasteiger partial charge in [-0.3, -0.25) is 4.99 Å². The maximum Gasteiger partial charge on any atom is 0.119 e. The third kappa shape index (κ3) is 3.13. The highest BCUT2D eigenvalue weighted by Gasteiger charge is 2.20. The van der Waals surface area contributed by atoms with Crippen molar-refractivity contribution in [2.24, 2.45) is 4.99 Å². The predicted molar refractivity (Wildman–Crippen MR) is 120 cm³/mol. The van der Waals surface area contributed by atoms with Gasteiger partial charge in [-0.2, -0.15) is 0 Å². The fraction of sp³-hybridized carbons (Fsp3) is 0.0741. The number of benzene rings is 4. The summed E-state index contributed by atoms with van der Waals surface area (Å²) in [5.41, 5.74) is 9.46. The average Bonchev–Trinajstić information content (AvgIpc) is 2.97. The summed E-state index contributed by atoms with van der Waals surface area (Å²) in [6.45, 7) is 0.641. The van der Waals surface area contributed by atoms with E-state index in [1.165, 1.54) is 27.8 Å². The molecule has 0 unspecified atom stereocenters. The van der Waals surface area contributed by atoms with Crippen molar-refractivity contribution in [1.29, 1.82) is 0 Å². The third-order valence-electron chi connectivity index (χ3n) is 5.47. The third-order valence-corrected chi connectivity index (χ3v) is 5.47. The molecular weight excluding hydrogens is 354 g/mol. The van der Waals surface area contributed by atoms with E-state index in [9.17, 15) is 0 Å². The SMILES string of the molecule is COc1cccc(-c2cccc3c2CN=C(c2ccccc2)c2ccccc2-3)c1. The molecule has 29 heavy (non-hydrogen) atoms. The highest BCUT2D eigenvalue weighted by Crippen LogP contribution is 2.38. The summed E-state index contributed by atoms with van der Waals surface area (Å²) < 4.78 is 5.45. The van der Waals surface area contributed by atoms with Gasteiger partial charge in [0, 0.05) is 11.1 Å². The molecule has 4 aromatic carbocycles. The fourth-order valence-corrected chi connectivity index (χ4v) is 4.08. The lowest BCUT2D eigenvalue weighted by Gasteiger charge is -2.14. The van der Waals surface area contributed by atoms with E-state index < -0.39 is 0 Å². The molecule has 4 aromatic rings. The van der Waals surface area contributed by atoms with Gasteiger partial charge >= 0.3 is 0 Å². The van der Waals surface area contributed by atoms with Gasteiger partial charge < -0.3 is 4.74 Å². The molecule has 2 nitrogen and oxygen atoms in total. The molecule has 2 heteroatoms. The van der Waals surface area contributed by atoms with E-state index in [2.05, 4.69) is 78.9 Å². The summed E-state index contributed by atoms with van der Waals surface area (Å²) in [5.74, 6) is 0.864. The first-order chi connectivity index (χ1) is 14.3. The largest absolute Gasteiger partial charge is 0.497 e. The van der Waals surface area contributed by atoms with Crippen LogP contribution in [0.2, 0.25) is 0 Å². The van der Waals surface area contributed by atoms with E-state index >= 15 is 0 Å². The molecule has 0 radical (unpaired) electrons. The van der Waals surface area contributed by atoms with E-state index in [0.29, 0.717) is 6.54 Å². The molecule has 5 rings (SSSR count). The van der Waals surface area contributed by atoms with Gasteiger partial charge in [-0.25, -0.2) is 0 Å². The molecule has 0 amide bonds. The summed E-state index contributed by atoms with van der Waals surface area (Å²) in [6, 6.07) is 33.8. The quantitative estimate of drug-likeness (QED) is 0.407. The van der Waals surface area contributed by atoms with E-state index in [1.807, 2.05) is 18.2 Å². The molecule has 0 atom stereocenters. The van der Waals surface area contributed by atoms with Crippen LogP contribution in [0.25, 0.3) is 22.3 Å². The Morgan fingerprint density at radius 1 is 0.621 bits per heavy atom. The average molecular weight is 375 g/mol. The fourth-order valence-electron chi connectivity index (χ4n) is 4.08. The summed E-state index contributed by atoms with van der Waals surface area (Å²) in [7, 11) is 1.71. The van der Waals surface area contributed by atoms with Gasteiger partial charge in [-0.05, 0) is 39.9 Å². The van der Waals surface area contributed by atoms with Gasteiger partial charge in [0.05, 0.1) is 19.4 Å². The Labute approximate surface area is 171 Å². The predicted octanol–water partition coefficient (Wildman–Crippen LogP) is 6.38. The van der Waals surface area contributed by atoms with Gasteiger partial charge in [-0.1, -0.05) is 84.9 Å². The van der Waals surface area contributed by atoms with Crippen molar-refractivity contribution >= 4 is 5.71 Å². The zero-order chi connectivity index (χ0) is 19.6. The highest BCUT2D eigenvalue weighted by atomic mass is 16.5. The highest BCUT2D eigenvalue weighted by molar-refractivity contribution is 6.17. The topological polar surface area (TPSA) is 21.6 Å². The van der Waals surface area contributed by atoms with Crippen molar-refractivity contribution in [1.82, 2.24) is 0 Å². The van der Waals surface area contributed by atoms with Crippen molar-refractivity contribution in [3.63, 3.8) is 0 Å². The first-order valence-electron chi connectivity index (χ1n) is 9.81. The van der Waals surface area contributed by atoms with Gasteiger partial charge in [-0.15, -0.1) is 0 Å². The molecular formula is C27H21NO. The van der Waals surface area contributed by atoms with Crippen LogP contribution in [0.5, 0.6) is 5.75 Å². The molecule has 0 aliphatic carbocycles. The van der Waals surface area contributed by atoms with Crippen LogP contribution in [-0.2, 0) is 6.54 Å². The molecule has 1 heterocycles. The monoisotopic (exact) mass is 375 g/mol. The molecule has 0 spiro atoms. The Kier molecular flexibility index (Phi) is 4.45. The summed E-state index contributed by atoms with van der Waals surface area (Å²) in [6.07, 6.45) is 0. The van der Waals surface area contributed by atoms with Crippen molar-refractivity contribution in [3.8, 4) is 28.0 Å². The Balaban J connectivity index is 1.74. The minimum Gasteiger partial charge on any atom is -0.497 e. The maximum absolute atomic E-state index is 5.45.